The molecule has 0 aliphatic rings. The van der Waals surface area contributed by atoms with Crippen LogP contribution >= 0.6 is 11.6 Å². The van der Waals surface area contributed by atoms with Crippen LogP contribution in [0.5, 0.6) is 5.75 Å². The number of anilines is 1. The summed E-state index contributed by atoms with van der Waals surface area (Å²) < 4.78 is 5.81. The first-order valence-electron chi connectivity index (χ1n) is 7.40. The minimum atomic E-state index is -0.229. The van der Waals surface area contributed by atoms with E-state index in [0.717, 1.165) is 5.56 Å². The number of aromatic nitrogens is 1. The molecule has 24 heavy (non-hydrogen) atoms. The molecule has 0 bridgehead atoms. The molecule has 0 unspecified atom stereocenters. The van der Waals surface area contributed by atoms with Gasteiger partial charge in [-0.2, -0.15) is 0 Å². The van der Waals surface area contributed by atoms with E-state index < -0.39 is 0 Å². The molecule has 2 aromatic carbocycles. The molecule has 1 aromatic heterocycles. The molecule has 3 rings (SSSR count). The summed E-state index contributed by atoms with van der Waals surface area (Å²) in [4.78, 5) is 16.4. The molecule has 0 radical (unpaired) electrons. The van der Waals surface area contributed by atoms with Gasteiger partial charge in [0.2, 0.25) is 0 Å². The lowest BCUT2D eigenvalue weighted by Gasteiger charge is -2.12. The van der Waals surface area contributed by atoms with Crippen LogP contribution in [0.3, 0.4) is 0 Å². The first kappa shape index (κ1) is 16.0. The van der Waals surface area contributed by atoms with Crippen molar-refractivity contribution >= 4 is 23.2 Å². The number of carbonyl (C=O) groups is 1. The van der Waals surface area contributed by atoms with Gasteiger partial charge in [-0.05, 0) is 42.0 Å². The van der Waals surface area contributed by atoms with E-state index in [4.69, 9.17) is 16.3 Å². The molecule has 0 aliphatic heterocycles. The Hall–Kier alpha value is -2.85. The lowest BCUT2D eigenvalue weighted by Crippen LogP contribution is -2.13. The van der Waals surface area contributed by atoms with E-state index in [-0.39, 0.29) is 5.91 Å². The van der Waals surface area contributed by atoms with Crippen molar-refractivity contribution in [2.75, 3.05) is 5.32 Å². The third-order valence-electron chi connectivity index (χ3n) is 3.38. The van der Waals surface area contributed by atoms with Gasteiger partial charge in [0.15, 0.2) is 0 Å². The van der Waals surface area contributed by atoms with Crippen molar-refractivity contribution < 1.29 is 9.53 Å². The van der Waals surface area contributed by atoms with Gasteiger partial charge in [0.25, 0.3) is 5.91 Å². The van der Waals surface area contributed by atoms with Gasteiger partial charge in [0.05, 0.1) is 5.56 Å². The topological polar surface area (TPSA) is 51.2 Å². The van der Waals surface area contributed by atoms with Crippen LogP contribution in [0.15, 0.2) is 73.1 Å². The van der Waals surface area contributed by atoms with Crippen LogP contribution in [-0.2, 0) is 6.61 Å². The predicted molar refractivity (Wildman–Crippen MR) is 94.4 cm³/mol. The predicted octanol–water partition coefficient (Wildman–Crippen LogP) is 4.57. The van der Waals surface area contributed by atoms with Gasteiger partial charge in [-0.15, -0.1) is 0 Å². The Morgan fingerprint density at radius 3 is 2.46 bits per heavy atom. The van der Waals surface area contributed by atoms with Crippen molar-refractivity contribution in [3.8, 4) is 5.75 Å². The van der Waals surface area contributed by atoms with Crippen LogP contribution in [0, 0.1) is 0 Å². The third kappa shape index (κ3) is 4.12. The second-order valence-electron chi connectivity index (χ2n) is 5.10. The smallest absolute Gasteiger partial charge is 0.259 e. The molecule has 0 atom stereocenters. The largest absolute Gasteiger partial charge is 0.488 e. The summed E-state index contributed by atoms with van der Waals surface area (Å²) in [6, 6.07) is 18.0. The number of amides is 1. The van der Waals surface area contributed by atoms with Crippen molar-refractivity contribution in [1.29, 1.82) is 0 Å². The Morgan fingerprint density at radius 2 is 1.71 bits per heavy atom. The molecule has 0 saturated carbocycles. The molecular weight excluding hydrogens is 324 g/mol. The zero-order valence-electron chi connectivity index (χ0n) is 12.8. The number of carbonyl (C=O) groups excluding carboxylic acids is 1. The van der Waals surface area contributed by atoms with Crippen LogP contribution in [0.4, 0.5) is 5.69 Å². The lowest BCUT2D eigenvalue weighted by molar-refractivity contribution is 0.102. The molecule has 0 aliphatic carbocycles. The zero-order chi connectivity index (χ0) is 16.8. The fourth-order valence-electron chi connectivity index (χ4n) is 2.16. The Bertz CT molecular complexity index is 820. The molecule has 0 spiro atoms. The highest BCUT2D eigenvalue weighted by atomic mass is 35.5. The summed E-state index contributed by atoms with van der Waals surface area (Å²) in [7, 11) is 0. The van der Waals surface area contributed by atoms with Gasteiger partial charge in [0, 0.05) is 23.1 Å². The molecule has 5 heteroatoms. The highest BCUT2D eigenvalue weighted by Gasteiger charge is 2.12. The van der Waals surface area contributed by atoms with Crippen molar-refractivity contribution in [2.24, 2.45) is 0 Å². The van der Waals surface area contributed by atoms with E-state index in [1.54, 1.807) is 42.7 Å². The van der Waals surface area contributed by atoms with Gasteiger partial charge in [-0.3, -0.25) is 9.78 Å². The quantitative estimate of drug-likeness (QED) is 0.741. The van der Waals surface area contributed by atoms with Gasteiger partial charge >= 0.3 is 0 Å². The van der Waals surface area contributed by atoms with E-state index in [9.17, 15) is 4.79 Å². The van der Waals surface area contributed by atoms with Gasteiger partial charge in [-0.25, -0.2) is 0 Å². The van der Waals surface area contributed by atoms with Gasteiger partial charge in [-0.1, -0.05) is 35.9 Å². The normalized spacial score (nSPS) is 10.2. The lowest BCUT2D eigenvalue weighted by atomic mass is 10.2. The summed E-state index contributed by atoms with van der Waals surface area (Å²) in [6.45, 7) is 0.358. The molecule has 1 N–H and O–H groups in total. The first-order valence-corrected chi connectivity index (χ1v) is 7.78. The average molecular weight is 339 g/mol. The number of hydrogen-bond donors (Lipinski definition) is 1. The SMILES string of the molecule is O=C(Nc1ccncc1)c1ccccc1OCc1ccc(Cl)cc1. The molecule has 0 fully saturated rings. The molecule has 1 heterocycles. The molecule has 120 valence electrons. The molecular formula is C19H15ClN2O2. The fourth-order valence-corrected chi connectivity index (χ4v) is 2.28. The van der Waals surface area contributed by atoms with E-state index >= 15 is 0 Å². The Morgan fingerprint density at radius 1 is 1.00 bits per heavy atom. The van der Waals surface area contributed by atoms with Crippen molar-refractivity contribution in [3.63, 3.8) is 0 Å². The maximum absolute atomic E-state index is 12.5. The van der Waals surface area contributed by atoms with Crippen LogP contribution in [0.25, 0.3) is 0 Å². The molecule has 1 amide bonds. The second-order valence-corrected chi connectivity index (χ2v) is 5.54. The standard InChI is InChI=1S/C19H15ClN2O2/c20-15-7-5-14(6-8-15)13-24-18-4-2-1-3-17(18)19(23)22-16-9-11-21-12-10-16/h1-12H,13H2,(H,21,22,23). The van der Waals surface area contributed by atoms with Gasteiger partial charge in [0.1, 0.15) is 12.4 Å². The minimum Gasteiger partial charge on any atom is -0.488 e. The van der Waals surface area contributed by atoms with Crippen molar-refractivity contribution in [2.45, 2.75) is 6.61 Å². The fraction of sp³-hybridized carbons (Fsp3) is 0.0526. The first-order chi connectivity index (χ1) is 11.7. The number of ether oxygens (including phenoxy) is 1. The number of para-hydroxylation sites is 1. The van der Waals surface area contributed by atoms with Crippen LogP contribution in [0.1, 0.15) is 15.9 Å². The van der Waals surface area contributed by atoms with Crippen molar-refractivity contribution in [3.05, 3.63) is 89.2 Å². The average Bonchev–Trinajstić information content (AvgIpc) is 2.62. The van der Waals surface area contributed by atoms with E-state index in [0.29, 0.717) is 28.6 Å². The summed E-state index contributed by atoms with van der Waals surface area (Å²) in [5.41, 5.74) is 2.13. The highest BCUT2D eigenvalue weighted by Crippen LogP contribution is 2.21. The highest BCUT2D eigenvalue weighted by molar-refractivity contribution is 6.30. The third-order valence-corrected chi connectivity index (χ3v) is 3.63. The summed E-state index contributed by atoms with van der Waals surface area (Å²) >= 11 is 5.87. The van der Waals surface area contributed by atoms with E-state index in [1.807, 2.05) is 30.3 Å². The Labute approximate surface area is 145 Å². The monoisotopic (exact) mass is 338 g/mol. The van der Waals surface area contributed by atoms with Crippen LogP contribution in [-0.4, -0.2) is 10.9 Å². The van der Waals surface area contributed by atoms with Crippen molar-refractivity contribution in [1.82, 2.24) is 4.98 Å². The maximum atomic E-state index is 12.5. The summed E-state index contributed by atoms with van der Waals surface area (Å²) in [5, 5.41) is 3.50. The zero-order valence-corrected chi connectivity index (χ0v) is 13.5. The molecule has 4 nitrogen and oxygen atoms in total. The number of nitrogens with one attached hydrogen (secondary N) is 1. The summed E-state index contributed by atoms with van der Waals surface area (Å²) in [6.07, 6.45) is 3.25. The molecule has 0 saturated heterocycles. The number of rotatable bonds is 5. The maximum Gasteiger partial charge on any atom is 0.259 e. The number of halogens is 1. The number of benzene rings is 2. The van der Waals surface area contributed by atoms with Crippen LogP contribution in [0.2, 0.25) is 5.02 Å². The second kappa shape index (κ2) is 7.62. The summed E-state index contributed by atoms with van der Waals surface area (Å²) in [5.74, 6) is 0.298. The Kier molecular flexibility index (Phi) is 5.08. The number of nitrogens with zero attached hydrogens (tertiary/aromatic N) is 1. The van der Waals surface area contributed by atoms with Crippen LogP contribution < -0.4 is 10.1 Å². The van der Waals surface area contributed by atoms with E-state index in [1.165, 1.54) is 0 Å². The number of pyridine rings is 1. The number of hydrogen-bond acceptors (Lipinski definition) is 3. The Balaban J connectivity index is 1.72. The molecule has 3 aromatic rings. The minimum absolute atomic E-state index is 0.229. The van der Waals surface area contributed by atoms with Gasteiger partial charge < -0.3 is 10.1 Å². The van der Waals surface area contributed by atoms with E-state index in [2.05, 4.69) is 10.3 Å².